The van der Waals surface area contributed by atoms with Crippen molar-refractivity contribution in [3.63, 3.8) is 0 Å². The van der Waals surface area contributed by atoms with Gasteiger partial charge in [-0.3, -0.25) is 9.59 Å². The number of benzene rings is 2. The number of methoxy groups -OCH3 is 1. The molecule has 0 aliphatic heterocycles. The topological polar surface area (TPSA) is 125 Å². The molecule has 0 bridgehead atoms. The highest BCUT2D eigenvalue weighted by Gasteiger charge is 2.27. The van der Waals surface area contributed by atoms with E-state index in [0.29, 0.717) is 40.0 Å². The average Bonchev–Trinajstić information content (AvgIpc) is 3.39. The van der Waals surface area contributed by atoms with Crippen LogP contribution >= 0.6 is 11.3 Å². The van der Waals surface area contributed by atoms with E-state index in [0.717, 1.165) is 54.5 Å². The molecule has 1 atom stereocenters. The molecule has 2 amide bonds. The summed E-state index contributed by atoms with van der Waals surface area (Å²) in [4.78, 5) is 39.5. The Kier molecular flexibility index (Phi) is 11.8. The molecule has 1 aliphatic carbocycles. The van der Waals surface area contributed by atoms with Gasteiger partial charge in [-0.25, -0.2) is 10.2 Å². The Hall–Kier alpha value is -4.38. The maximum absolute atomic E-state index is 13.1. The zero-order valence-electron chi connectivity index (χ0n) is 25.6. The molecule has 234 valence electrons. The lowest BCUT2D eigenvalue weighted by atomic mass is 9.95. The molecule has 1 aromatic heterocycles. The lowest BCUT2D eigenvalue weighted by Crippen LogP contribution is -2.33. The number of thiophene rings is 1. The van der Waals surface area contributed by atoms with Crippen LogP contribution in [0.2, 0.25) is 0 Å². The highest BCUT2D eigenvalue weighted by Crippen LogP contribution is 2.39. The summed E-state index contributed by atoms with van der Waals surface area (Å²) in [5, 5.41) is 7.45. The lowest BCUT2D eigenvalue weighted by molar-refractivity contribution is -0.127. The molecule has 4 rings (SSSR count). The van der Waals surface area contributed by atoms with Gasteiger partial charge in [0.05, 0.1) is 32.1 Å². The number of aryl methyl sites for hydroxylation is 1. The number of nitrogens with one attached hydrogen (secondary N) is 2. The number of amides is 2. The van der Waals surface area contributed by atoms with Crippen LogP contribution in [0.4, 0.5) is 5.00 Å². The molecular weight excluding hydrogens is 582 g/mol. The third-order valence-corrected chi connectivity index (χ3v) is 8.22. The summed E-state index contributed by atoms with van der Waals surface area (Å²) in [6.45, 7) is 6.34. The van der Waals surface area contributed by atoms with Crippen LogP contribution in [-0.2, 0) is 22.4 Å². The molecule has 44 heavy (non-hydrogen) atoms. The minimum atomic E-state index is -0.847. The monoisotopic (exact) mass is 621 g/mol. The predicted octanol–water partition coefficient (Wildman–Crippen LogP) is 6.16. The number of carbonyl (C=O) groups excluding carboxylic acids is 3. The number of ether oxygens (including phenoxy) is 4. The van der Waals surface area contributed by atoms with E-state index in [9.17, 15) is 14.4 Å². The molecule has 0 spiro atoms. The number of anilines is 1. The largest absolute Gasteiger partial charge is 0.493 e. The fraction of sp³-hybridized carbons (Fsp3) is 0.394. The highest BCUT2D eigenvalue weighted by molar-refractivity contribution is 7.17. The molecule has 11 heteroatoms. The number of hydrogen-bond donors (Lipinski definition) is 2. The first-order chi connectivity index (χ1) is 21.3. The van der Waals surface area contributed by atoms with Crippen LogP contribution in [0, 0.1) is 0 Å². The summed E-state index contributed by atoms with van der Waals surface area (Å²) in [5.74, 6) is 0.446. The van der Waals surface area contributed by atoms with E-state index in [-0.39, 0.29) is 12.5 Å². The first-order valence-electron chi connectivity index (χ1n) is 14.9. The smallest absolute Gasteiger partial charge is 0.341 e. The van der Waals surface area contributed by atoms with Crippen molar-refractivity contribution in [2.24, 2.45) is 5.10 Å². The number of hydrazone groups is 1. The van der Waals surface area contributed by atoms with Gasteiger partial charge in [0, 0.05) is 10.4 Å². The summed E-state index contributed by atoms with van der Waals surface area (Å²) in [7, 11) is 1.57. The minimum absolute atomic E-state index is 0.263. The molecule has 0 saturated carbocycles. The number of carbonyl (C=O) groups is 3. The van der Waals surface area contributed by atoms with Crippen molar-refractivity contribution < 1.29 is 33.3 Å². The van der Waals surface area contributed by atoms with Crippen molar-refractivity contribution in [2.75, 3.05) is 25.6 Å². The Bertz CT molecular complexity index is 1480. The van der Waals surface area contributed by atoms with Crippen molar-refractivity contribution >= 4 is 40.3 Å². The van der Waals surface area contributed by atoms with Gasteiger partial charge in [-0.1, -0.05) is 13.3 Å². The summed E-state index contributed by atoms with van der Waals surface area (Å²) in [5.41, 5.74) is 5.05. The molecule has 0 fully saturated rings. The zero-order valence-corrected chi connectivity index (χ0v) is 26.4. The molecule has 1 aliphatic rings. The van der Waals surface area contributed by atoms with Gasteiger partial charge in [-0.15, -0.1) is 11.3 Å². The predicted molar refractivity (Wildman–Crippen MR) is 171 cm³/mol. The molecule has 1 heterocycles. The second-order valence-corrected chi connectivity index (χ2v) is 11.3. The van der Waals surface area contributed by atoms with Gasteiger partial charge in [0.2, 0.25) is 0 Å². The second-order valence-electron chi connectivity index (χ2n) is 10.2. The van der Waals surface area contributed by atoms with E-state index < -0.39 is 18.0 Å². The molecule has 2 aromatic carbocycles. The molecular formula is C33H39N3O7S. The maximum atomic E-state index is 13.1. The molecule has 3 aromatic rings. The van der Waals surface area contributed by atoms with Crippen molar-refractivity contribution in [1.82, 2.24) is 5.43 Å². The molecule has 0 unspecified atom stereocenters. The number of hydrogen-bond acceptors (Lipinski definition) is 9. The van der Waals surface area contributed by atoms with E-state index in [2.05, 4.69) is 22.8 Å². The fourth-order valence-electron chi connectivity index (χ4n) is 4.66. The number of unbranched alkanes of at least 4 members (excludes halogenated alkanes) is 1. The van der Waals surface area contributed by atoms with Crippen molar-refractivity contribution in [3.05, 3.63) is 69.6 Å². The normalized spacial score (nSPS) is 13.1. The minimum Gasteiger partial charge on any atom is -0.493 e. The fourth-order valence-corrected chi connectivity index (χ4v) is 5.93. The van der Waals surface area contributed by atoms with E-state index in [1.54, 1.807) is 57.4 Å². The highest BCUT2D eigenvalue weighted by atomic mass is 32.1. The van der Waals surface area contributed by atoms with Gasteiger partial charge in [0.1, 0.15) is 10.8 Å². The van der Waals surface area contributed by atoms with E-state index >= 15 is 0 Å². The van der Waals surface area contributed by atoms with Crippen molar-refractivity contribution in [1.29, 1.82) is 0 Å². The van der Waals surface area contributed by atoms with Gasteiger partial charge in [0.15, 0.2) is 17.6 Å². The zero-order chi connectivity index (χ0) is 31.5. The molecule has 0 radical (unpaired) electrons. The van der Waals surface area contributed by atoms with Gasteiger partial charge in [-0.05, 0) is 99.5 Å². The van der Waals surface area contributed by atoms with Crippen LogP contribution in [0.15, 0.2) is 47.6 Å². The van der Waals surface area contributed by atoms with Crippen molar-refractivity contribution in [2.45, 2.75) is 65.4 Å². The summed E-state index contributed by atoms with van der Waals surface area (Å²) in [6.07, 6.45) is 6.41. The summed E-state index contributed by atoms with van der Waals surface area (Å²) < 4.78 is 22.2. The first kappa shape index (κ1) is 32.5. The standard InChI is InChI=1S/C33H39N3O7S/c1-5-7-18-42-26-17-12-22(19-27(26)40-4)20-34-36-30(37)21(3)43-24-15-13-23(14-16-24)31(38)35-32-29(33(39)41-6-2)25-10-8-9-11-28(25)44-32/h12-17,19-21H,5-11,18H2,1-4H3,(H,35,38)(H,36,37)/b34-20-/t21-/m0/s1. The van der Waals surface area contributed by atoms with Crippen LogP contribution in [-0.4, -0.2) is 50.4 Å². The number of rotatable bonds is 14. The number of nitrogens with zero attached hydrogens (tertiary/aromatic N) is 1. The third-order valence-electron chi connectivity index (χ3n) is 7.01. The maximum Gasteiger partial charge on any atom is 0.341 e. The van der Waals surface area contributed by atoms with Gasteiger partial charge < -0.3 is 24.3 Å². The third kappa shape index (κ3) is 8.37. The Labute approximate surface area is 261 Å². The van der Waals surface area contributed by atoms with Crippen LogP contribution < -0.4 is 25.0 Å². The Balaban J connectivity index is 1.32. The Morgan fingerprint density at radius 3 is 2.55 bits per heavy atom. The Morgan fingerprint density at radius 2 is 1.82 bits per heavy atom. The van der Waals surface area contributed by atoms with Crippen LogP contribution in [0.3, 0.4) is 0 Å². The van der Waals surface area contributed by atoms with Crippen molar-refractivity contribution in [3.8, 4) is 17.2 Å². The average molecular weight is 622 g/mol. The quantitative estimate of drug-likeness (QED) is 0.0956. The summed E-state index contributed by atoms with van der Waals surface area (Å²) in [6, 6.07) is 11.8. The van der Waals surface area contributed by atoms with Gasteiger partial charge in [0.25, 0.3) is 11.8 Å². The molecule has 0 saturated heterocycles. The van der Waals surface area contributed by atoms with E-state index in [4.69, 9.17) is 18.9 Å². The summed E-state index contributed by atoms with van der Waals surface area (Å²) >= 11 is 1.44. The second kappa shape index (κ2) is 15.9. The number of fused-ring (bicyclic) bond motifs is 1. The van der Waals surface area contributed by atoms with E-state index in [1.165, 1.54) is 17.6 Å². The van der Waals surface area contributed by atoms with Crippen LogP contribution in [0.25, 0.3) is 0 Å². The van der Waals surface area contributed by atoms with E-state index in [1.807, 2.05) is 6.07 Å². The van der Waals surface area contributed by atoms with Gasteiger partial charge in [-0.2, -0.15) is 5.10 Å². The SMILES string of the molecule is CCCCOc1ccc(/C=N\NC(=O)[C@H](C)Oc2ccc(C(=O)Nc3sc4c(c3C(=O)OCC)CCCC4)cc2)cc1OC. The van der Waals surface area contributed by atoms with Crippen LogP contribution in [0.1, 0.15) is 83.2 Å². The first-order valence-corrected chi connectivity index (χ1v) is 15.7. The Morgan fingerprint density at radius 1 is 1.05 bits per heavy atom. The number of esters is 1. The molecule has 10 nitrogen and oxygen atoms in total. The van der Waals surface area contributed by atoms with Gasteiger partial charge >= 0.3 is 5.97 Å². The molecule has 2 N–H and O–H groups in total. The van der Waals surface area contributed by atoms with Crippen LogP contribution in [0.5, 0.6) is 17.2 Å². The lowest BCUT2D eigenvalue weighted by Gasteiger charge is -2.13.